The van der Waals surface area contributed by atoms with Gasteiger partial charge in [-0.15, -0.1) is 0 Å². The molecule has 2 aromatic carbocycles. The second kappa shape index (κ2) is 15.9. The van der Waals surface area contributed by atoms with Crippen LogP contribution < -0.4 is 10.6 Å². The van der Waals surface area contributed by atoms with Gasteiger partial charge in [-0.25, -0.2) is 0 Å². The Morgan fingerprint density at radius 1 is 0.878 bits per heavy atom. The molecular formula is C32H44N4O5. The van der Waals surface area contributed by atoms with E-state index in [1.54, 1.807) is 19.0 Å². The Morgan fingerprint density at radius 2 is 1.46 bits per heavy atom. The molecule has 0 saturated carbocycles. The van der Waals surface area contributed by atoms with Gasteiger partial charge in [-0.3, -0.25) is 19.2 Å². The Labute approximate surface area is 243 Å². The van der Waals surface area contributed by atoms with Crippen LogP contribution in [0.3, 0.4) is 0 Å². The molecule has 0 aromatic heterocycles. The van der Waals surface area contributed by atoms with E-state index in [2.05, 4.69) is 10.6 Å². The van der Waals surface area contributed by atoms with Crippen LogP contribution in [0.1, 0.15) is 50.7 Å². The molecule has 1 fully saturated rings. The Kier molecular flexibility index (Phi) is 12.3. The second-order valence-corrected chi connectivity index (χ2v) is 11.0. The van der Waals surface area contributed by atoms with Crippen molar-refractivity contribution in [2.45, 2.75) is 70.7 Å². The van der Waals surface area contributed by atoms with E-state index < -0.39 is 30.0 Å². The predicted octanol–water partition coefficient (Wildman–Crippen LogP) is 2.93. The molecule has 2 aromatic rings. The normalized spacial score (nSPS) is 15.5. The first-order valence-corrected chi connectivity index (χ1v) is 14.5. The molecule has 41 heavy (non-hydrogen) atoms. The average molecular weight is 565 g/mol. The highest BCUT2D eigenvalue weighted by Crippen LogP contribution is 2.16. The number of piperidine rings is 1. The van der Waals surface area contributed by atoms with Gasteiger partial charge in [-0.05, 0) is 49.8 Å². The maximum atomic E-state index is 13.7. The third-order valence-electron chi connectivity index (χ3n) is 7.49. The highest BCUT2D eigenvalue weighted by molar-refractivity contribution is 5.94. The third kappa shape index (κ3) is 9.42. The van der Waals surface area contributed by atoms with Gasteiger partial charge in [0.1, 0.15) is 18.7 Å². The number of rotatable bonds is 13. The number of carbonyl (C=O) groups excluding carboxylic acids is 4. The zero-order valence-corrected chi connectivity index (χ0v) is 24.7. The van der Waals surface area contributed by atoms with Gasteiger partial charge in [0, 0.05) is 20.1 Å². The SMILES string of the molecule is CN[C@@H](Cc1ccccc1)C(=O)N(C)[C@H](C(=O)N[C@@H](CC(=O)OCc1ccccc1)C(=O)N1CCCCC1)C(C)C. The highest BCUT2D eigenvalue weighted by atomic mass is 16.5. The Hall–Kier alpha value is -3.72. The fourth-order valence-corrected chi connectivity index (χ4v) is 5.23. The lowest BCUT2D eigenvalue weighted by molar-refractivity contribution is -0.150. The van der Waals surface area contributed by atoms with Crippen LogP contribution in [0, 0.1) is 5.92 Å². The molecule has 3 rings (SSSR count). The van der Waals surface area contributed by atoms with Crippen LogP contribution in [0.25, 0.3) is 0 Å². The van der Waals surface area contributed by atoms with Crippen LogP contribution in [-0.2, 0) is 36.9 Å². The summed E-state index contributed by atoms with van der Waals surface area (Å²) in [6.45, 7) is 4.96. The molecule has 0 aliphatic carbocycles. The van der Waals surface area contributed by atoms with Crippen molar-refractivity contribution in [2.75, 3.05) is 27.2 Å². The molecule has 2 N–H and O–H groups in total. The van der Waals surface area contributed by atoms with Crippen molar-refractivity contribution in [3.63, 3.8) is 0 Å². The topological polar surface area (TPSA) is 108 Å². The number of likely N-dealkylation sites (tertiary alicyclic amines) is 1. The number of amides is 3. The molecule has 0 unspecified atom stereocenters. The molecule has 222 valence electrons. The number of ether oxygens (including phenoxy) is 1. The van der Waals surface area contributed by atoms with Gasteiger partial charge in [-0.1, -0.05) is 74.5 Å². The minimum Gasteiger partial charge on any atom is -0.461 e. The quantitative estimate of drug-likeness (QED) is 0.362. The van der Waals surface area contributed by atoms with Gasteiger partial charge < -0.3 is 25.2 Å². The van der Waals surface area contributed by atoms with Crippen molar-refractivity contribution >= 4 is 23.7 Å². The first kappa shape index (κ1) is 31.8. The summed E-state index contributed by atoms with van der Waals surface area (Å²) in [6, 6.07) is 16.5. The molecule has 9 nitrogen and oxygen atoms in total. The predicted molar refractivity (Wildman–Crippen MR) is 158 cm³/mol. The fourth-order valence-electron chi connectivity index (χ4n) is 5.23. The van der Waals surface area contributed by atoms with E-state index in [1.807, 2.05) is 74.5 Å². The van der Waals surface area contributed by atoms with E-state index in [1.165, 1.54) is 4.90 Å². The number of likely N-dealkylation sites (N-methyl/N-ethyl adjacent to an activating group) is 2. The summed E-state index contributed by atoms with van der Waals surface area (Å²) in [6.07, 6.45) is 2.98. The summed E-state index contributed by atoms with van der Waals surface area (Å²) in [5, 5.41) is 5.90. The van der Waals surface area contributed by atoms with Gasteiger partial charge in [-0.2, -0.15) is 0 Å². The summed E-state index contributed by atoms with van der Waals surface area (Å²) < 4.78 is 5.44. The van der Waals surface area contributed by atoms with Crippen LogP contribution in [-0.4, -0.2) is 78.8 Å². The lowest BCUT2D eigenvalue weighted by Crippen LogP contribution is -2.59. The maximum absolute atomic E-state index is 13.7. The summed E-state index contributed by atoms with van der Waals surface area (Å²) >= 11 is 0. The molecule has 1 heterocycles. The largest absolute Gasteiger partial charge is 0.461 e. The van der Waals surface area contributed by atoms with E-state index in [0.717, 1.165) is 30.4 Å². The minimum atomic E-state index is -1.09. The van der Waals surface area contributed by atoms with E-state index in [4.69, 9.17) is 4.74 Å². The zero-order chi connectivity index (χ0) is 29.8. The molecule has 1 saturated heterocycles. The standard InChI is InChI=1S/C32H44N4O5/c1-23(2)29(35(4)31(39)26(33-3)20-24-14-8-5-9-15-24)30(38)34-27(32(40)36-18-12-7-13-19-36)21-28(37)41-22-25-16-10-6-11-17-25/h5-6,8-11,14-17,23,26-27,29,33H,7,12-13,18-22H2,1-4H3,(H,34,38)/t26-,27-,29-/m0/s1. The number of esters is 1. The van der Waals surface area contributed by atoms with E-state index in [-0.39, 0.29) is 30.8 Å². The van der Waals surface area contributed by atoms with E-state index in [0.29, 0.717) is 19.5 Å². The van der Waals surface area contributed by atoms with Crippen molar-refractivity contribution in [1.29, 1.82) is 0 Å². The van der Waals surface area contributed by atoms with Crippen LogP contribution in [0.4, 0.5) is 0 Å². The molecule has 0 spiro atoms. The van der Waals surface area contributed by atoms with Gasteiger partial charge in [0.15, 0.2) is 0 Å². The lowest BCUT2D eigenvalue weighted by atomic mass is 9.98. The fraction of sp³-hybridized carbons (Fsp3) is 0.500. The van der Waals surface area contributed by atoms with E-state index >= 15 is 0 Å². The van der Waals surface area contributed by atoms with Crippen LogP contribution in [0.5, 0.6) is 0 Å². The summed E-state index contributed by atoms with van der Waals surface area (Å²) in [4.78, 5) is 56.7. The molecule has 1 aliphatic heterocycles. The molecule has 1 aliphatic rings. The number of hydrogen-bond donors (Lipinski definition) is 2. The number of carbonyl (C=O) groups is 4. The summed E-state index contributed by atoms with van der Waals surface area (Å²) in [7, 11) is 3.33. The first-order valence-electron chi connectivity index (χ1n) is 14.5. The Bertz CT molecular complexity index is 1140. The highest BCUT2D eigenvalue weighted by Gasteiger charge is 2.36. The van der Waals surface area contributed by atoms with Gasteiger partial charge in [0.25, 0.3) is 0 Å². The third-order valence-corrected chi connectivity index (χ3v) is 7.49. The van der Waals surface area contributed by atoms with Crippen molar-refractivity contribution in [1.82, 2.24) is 20.4 Å². The summed E-state index contributed by atoms with van der Waals surface area (Å²) in [5.74, 6) is -1.83. The van der Waals surface area contributed by atoms with Crippen molar-refractivity contribution in [3.8, 4) is 0 Å². The number of hydrogen-bond acceptors (Lipinski definition) is 6. The van der Waals surface area contributed by atoms with Crippen molar-refractivity contribution in [3.05, 3.63) is 71.8 Å². The van der Waals surface area contributed by atoms with Gasteiger partial charge >= 0.3 is 5.97 Å². The number of benzene rings is 2. The van der Waals surface area contributed by atoms with E-state index in [9.17, 15) is 19.2 Å². The molecule has 0 bridgehead atoms. The van der Waals surface area contributed by atoms with Gasteiger partial charge in [0.05, 0.1) is 12.5 Å². The van der Waals surface area contributed by atoms with Crippen LogP contribution >= 0.6 is 0 Å². The molecule has 3 atom stereocenters. The summed E-state index contributed by atoms with van der Waals surface area (Å²) in [5.41, 5.74) is 1.83. The number of nitrogens with one attached hydrogen (secondary N) is 2. The van der Waals surface area contributed by atoms with Crippen LogP contribution in [0.15, 0.2) is 60.7 Å². The molecular weight excluding hydrogens is 520 g/mol. The molecule has 9 heteroatoms. The van der Waals surface area contributed by atoms with Crippen LogP contribution in [0.2, 0.25) is 0 Å². The first-order chi connectivity index (χ1) is 19.7. The zero-order valence-electron chi connectivity index (χ0n) is 24.7. The average Bonchev–Trinajstić information content (AvgIpc) is 2.99. The smallest absolute Gasteiger partial charge is 0.308 e. The second-order valence-electron chi connectivity index (χ2n) is 11.0. The monoisotopic (exact) mass is 564 g/mol. The van der Waals surface area contributed by atoms with Gasteiger partial charge in [0.2, 0.25) is 17.7 Å². The molecule has 0 radical (unpaired) electrons. The van der Waals surface area contributed by atoms with Crippen molar-refractivity contribution in [2.24, 2.45) is 5.92 Å². The van der Waals surface area contributed by atoms with Crippen molar-refractivity contribution < 1.29 is 23.9 Å². The Balaban J connectivity index is 1.73. The lowest BCUT2D eigenvalue weighted by Gasteiger charge is -2.35. The Morgan fingerprint density at radius 3 is 2.02 bits per heavy atom. The number of nitrogens with zero attached hydrogens (tertiary/aromatic N) is 2. The minimum absolute atomic E-state index is 0.0803. The molecule has 3 amide bonds. The maximum Gasteiger partial charge on any atom is 0.308 e.